The summed E-state index contributed by atoms with van der Waals surface area (Å²) < 4.78 is 5.81. The smallest absolute Gasteiger partial charge is 0.120 e. The summed E-state index contributed by atoms with van der Waals surface area (Å²) in [6, 6.07) is 20.3. The van der Waals surface area contributed by atoms with Crippen LogP contribution in [0.3, 0.4) is 0 Å². The minimum Gasteiger partial charge on any atom is -0.489 e. The van der Waals surface area contributed by atoms with Crippen molar-refractivity contribution in [3.05, 3.63) is 92.9 Å². The van der Waals surface area contributed by atoms with E-state index >= 15 is 0 Å². The molecule has 6 heteroatoms. The lowest BCUT2D eigenvalue weighted by Crippen LogP contribution is -1.98. The molecule has 0 saturated heterocycles. The van der Waals surface area contributed by atoms with Crippen LogP contribution in [0, 0.1) is 0 Å². The molecule has 0 radical (unpaired) electrons. The normalized spacial score (nSPS) is 10.9. The highest BCUT2D eigenvalue weighted by atomic mass is 35.5. The van der Waals surface area contributed by atoms with Crippen molar-refractivity contribution in [2.24, 2.45) is 5.10 Å². The van der Waals surface area contributed by atoms with Gasteiger partial charge >= 0.3 is 0 Å². The summed E-state index contributed by atoms with van der Waals surface area (Å²) in [5.41, 5.74) is 5.46. The summed E-state index contributed by atoms with van der Waals surface area (Å²) in [4.78, 5) is 0. The second-order valence-corrected chi connectivity index (χ2v) is 6.69. The highest BCUT2D eigenvalue weighted by Crippen LogP contribution is 2.26. The number of rotatable bonds is 6. The molecule has 0 aliphatic rings. The van der Waals surface area contributed by atoms with E-state index in [1.54, 1.807) is 36.5 Å². The fourth-order valence-corrected chi connectivity index (χ4v) is 2.85. The second kappa shape index (κ2) is 8.95. The number of ether oxygens (including phenoxy) is 1. The van der Waals surface area contributed by atoms with Crippen LogP contribution >= 0.6 is 34.8 Å². The van der Waals surface area contributed by atoms with E-state index in [0.717, 1.165) is 16.8 Å². The monoisotopic (exact) mass is 404 g/mol. The molecule has 0 atom stereocenters. The van der Waals surface area contributed by atoms with E-state index in [4.69, 9.17) is 39.5 Å². The predicted molar refractivity (Wildman–Crippen MR) is 110 cm³/mol. The van der Waals surface area contributed by atoms with Gasteiger partial charge in [0.2, 0.25) is 0 Å². The third-order valence-electron chi connectivity index (χ3n) is 3.55. The van der Waals surface area contributed by atoms with Crippen LogP contribution in [0.15, 0.2) is 71.8 Å². The largest absolute Gasteiger partial charge is 0.489 e. The van der Waals surface area contributed by atoms with Crippen molar-refractivity contribution >= 4 is 46.7 Å². The number of benzene rings is 3. The Hall–Kier alpha value is -2.20. The first kappa shape index (κ1) is 18.6. The maximum Gasteiger partial charge on any atom is 0.120 e. The summed E-state index contributed by atoms with van der Waals surface area (Å²) in [5, 5.41) is 6.07. The molecular weight excluding hydrogens is 391 g/mol. The minimum absolute atomic E-state index is 0.294. The zero-order valence-electron chi connectivity index (χ0n) is 13.6. The van der Waals surface area contributed by atoms with Crippen LogP contribution in [0.4, 0.5) is 5.69 Å². The van der Waals surface area contributed by atoms with Crippen LogP contribution in [0.5, 0.6) is 5.75 Å². The van der Waals surface area contributed by atoms with Crippen molar-refractivity contribution in [3.63, 3.8) is 0 Å². The number of halogens is 3. The molecule has 0 aromatic heterocycles. The molecular formula is C20H15Cl3N2O. The summed E-state index contributed by atoms with van der Waals surface area (Å²) >= 11 is 18.2. The number of nitrogens with one attached hydrogen (secondary N) is 1. The van der Waals surface area contributed by atoms with Gasteiger partial charge in [0.25, 0.3) is 0 Å². The first-order valence-corrected chi connectivity index (χ1v) is 8.95. The quantitative estimate of drug-likeness (QED) is 0.367. The fraction of sp³-hybridized carbons (Fsp3) is 0.0500. The molecule has 0 aliphatic carbocycles. The second-order valence-electron chi connectivity index (χ2n) is 5.44. The summed E-state index contributed by atoms with van der Waals surface area (Å²) in [5.74, 6) is 0.705. The highest BCUT2D eigenvalue weighted by Gasteiger charge is 2.06. The molecule has 0 amide bonds. The average Bonchev–Trinajstić information content (AvgIpc) is 2.63. The highest BCUT2D eigenvalue weighted by molar-refractivity contribution is 6.35. The minimum atomic E-state index is 0.294. The standard InChI is InChI=1S/C20H15Cl3N2O/c21-15-7-9-16(10-8-15)25-24-12-14-3-1-4-17(11-14)26-13-18-19(22)5-2-6-20(18)23/h1-12,25H,13H2. The van der Waals surface area contributed by atoms with Crippen LogP contribution in [-0.4, -0.2) is 6.21 Å². The predicted octanol–water partition coefficient (Wildman–Crippen LogP) is 6.67. The molecule has 3 nitrogen and oxygen atoms in total. The Kier molecular flexibility index (Phi) is 6.40. The summed E-state index contributed by atoms with van der Waals surface area (Å²) in [7, 11) is 0. The van der Waals surface area contributed by atoms with Crippen molar-refractivity contribution in [2.45, 2.75) is 6.61 Å². The Morgan fingerprint density at radius 1 is 0.885 bits per heavy atom. The van der Waals surface area contributed by atoms with Gasteiger partial charge in [0.15, 0.2) is 0 Å². The number of nitrogens with zero attached hydrogens (tertiary/aromatic N) is 1. The topological polar surface area (TPSA) is 33.6 Å². The zero-order chi connectivity index (χ0) is 18.4. The molecule has 0 aliphatic heterocycles. The van der Waals surface area contributed by atoms with E-state index in [2.05, 4.69) is 10.5 Å². The summed E-state index contributed by atoms with van der Waals surface area (Å²) in [6.45, 7) is 0.294. The number of hydrogen-bond acceptors (Lipinski definition) is 3. The maximum atomic E-state index is 6.16. The van der Waals surface area contributed by atoms with Crippen LogP contribution < -0.4 is 10.2 Å². The molecule has 1 N–H and O–H groups in total. The van der Waals surface area contributed by atoms with E-state index in [1.165, 1.54) is 0 Å². The van der Waals surface area contributed by atoms with Crippen LogP contribution in [-0.2, 0) is 6.61 Å². The van der Waals surface area contributed by atoms with E-state index in [0.29, 0.717) is 27.4 Å². The van der Waals surface area contributed by atoms with E-state index in [9.17, 15) is 0 Å². The Morgan fingerprint density at radius 3 is 2.31 bits per heavy atom. The van der Waals surface area contributed by atoms with Gasteiger partial charge in [0.05, 0.1) is 11.9 Å². The lowest BCUT2D eigenvalue weighted by molar-refractivity contribution is 0.306. The molecule has 0 heterocycles. The van der Waals surface area contributed by atoms with Crippen molar-refractivity contribution in [3.8, 4) is 5.75 Å². The van der Waals surface area contributed by atoms with Gasteiger partial charge in [-0.1, -0.05) is 53.0 Å². The van der Waals surface area contributed by atoms with E-state index in [1.807, 2.05) is 36.4 Å². The molecule has 26 heavy (non-hydrogen) atoms. The van der Waals surface area contributed by atoms with Crippen LogP contribution in [0.1, 0.15) is 11.1 Å². The molecule has 0 spiro atoms. The Morgan fingerprint density at radius 2 is 1.58 bits per heavy atom. The maximum absolute atomic E-state index is 6.16. The van der Waals surface area contributed by atoms with Gasteiger partial charge in [-0.3, -0.25) is 5.43 Å². The molecule has 3 aromatic carbocycles. The number of hydrogen-bond donors (Lipinski definition) is 1. The molecule has 3 rings (SSSR count). The zero-order valence-corrected chi connectivity index (χ0v) is 15.9. The van der Waals surface area contributed by atoms with E-state index in [-0.39, 0.29) is 0 Å². The third kappa shape index (κ3) is 5.15. The first-order chi connectivity index (χ1) is 12.6. The van der Waals surface area contributed by atoms with Gasteiger partial charge in [-0.15, -0.1) is 0 Å². The van der Waals surface area contributed by atoms with Crippen molar-refractivity contribution in [1.82, 2.24) is 0 Å². The first-order valence-electron chi connectivity index (χ1n) is 7.82. The van der Waals surface area contributed by atoms with Gasteiger partial charge in [-0.25, -0.2) is 0 Å². The third-order valence-corrected chi connectivity index (χ3v) is 4.51. The molecule has 0 saturated carbocycles. The lowest BCUT2D eigenvalue weighted by atomic mass is 10.2. The Labute approximate surface area is 167 Å². The van der Waals surface area contributed by atoms with Crippen molar-refractivity contribution in [1.29, 1.82) is 0 Å². The molecule has 132 valence electrons. The Bertz CT molecular complexity index is 891. The molecule has 3 aromatic rings. The SMILES string of the molecule is Clc1ccc(NN=Cc2cccc(OCc3c(Cl)cccc3Cl)c2)cc1. The van der Waals surface area contributed by atoms with Crippen molar-refractivity contribution < 1.29 is 4.74 Å². The Balaban J connectivity index is 1.62. The molecule has 0 unspecified atom stereocenters. The van der Waals surface area contributed by atoms with Gasteiger partial charge < -0.3 is 4.74 Å². The lowest BCUT2D eigenvalue weighted by Gasteiger charge is -2.10. The van der Waals surface area contributed by atoms with Gasteiger partial charge in [-0.2, -0.15) is 5.10 Å². The number of anilines is 1. The fourth-order valence-electron chi connectivity index (χ4n) is 2.22. The van der Waals surface area contributed by atoms with Gasteiger partial charge in [0.1, 0.15) is 12.4 Å². The van der Waals surface area contributed by atoms with Crippen molar-refractivity contribution in [2.75, 3.05) is 5.43 Å². The van der Waals surface area contributed by atoms with Crippen LogP contribution in [0.25, 0.3) is 0 Å². The van der Waals surface area contributed by atoms with Gasteiger partial charge in [-0.05, 0) is 54.1 Å². The average molecular weight is 406 g/mol. The molecule has 0 fully saturated rings. The molecule has 0 bridgehead atoms. The number of hydrazone groups is 1. The van der Waals surface area contributed by atoms with E-state index < -0.39 is 0 Å². The van der Waals surface area contributed by atoms with Gasteiger partial charge in [0, 0.05) is 20.6 Å². The van der Waals surface area contributed by atoms with Crippen LogP contribution in [0.2, 0.25) is 15.1 Å². The summed E-state index contributed by atoms with van der Waals surface area (Å²) in [6.07, 6.45) is 1.71.